The number of hydrogen-bond donors (Lipinski definition) is 1. The van der Waals surface area contributed by atoms with Crippen LogP contribution >= 0.6 is 45.2 Å². The van der Waals surface area contributed by atoms with E-state index in [4.69, 9.17) is 9.47 Å². The lowest BCUT2D eigenvalue weighted by Crippen LogP contribution is -2.37. The highest BCUT2D eigenvalue weighted by atomic mass is 127. The van der Waals surface area contributed by atoms with Crippen molar-refractivity contribution in [3.05, 3.63) is 84.9 Å². The number of aromatic nitrogens is 2. The molecule has 0 radical (unpaired) electrons. The number of morpholine rings is 1. The van der Waals surface area contributed by atoms with Gasteiger partial charge in [0.05, 0.1) is 32.8 Å². The fraction of sp³-hybridized carbons (Fsp3) is 0.192. The van der Waals surface area contributed by atoms with Crippen LogP contribution in [0.3, 0.4) is 0 Å². The summed E-state index contributed by atoms with van der Waals surface area (Å²) in [5.74, 6) is 0.859. The van der Waals surface area contributed by atoms with Crippen molar-refractivity contribution < 1.29 is 13.9 Å². The average molecular weight is 709 g/mol. The summed E-state index contributed by atoms with van der Waals surface area (Å²) in [6.07, 6.45) is 2.84. The number of hydrogen-bond acceptors (Lipinski definition) is 7. The van der Waals surface area contributed by atoms with Gasteiger partial charge in [0.1, 0.15) is 12.4 Å². The molecule has 0 amide bonds. The monoisotopic (exact) mass is 709 g/mol. The molecule has 5 rings (SSSR count). The zero-order valence-electron chi connectivity index (χ0n) is 19.1. The number of fused-ring (bicyclic) bond motifs is 1. The zero-order chi connectivity index (χ0) is 24.9. The highest BCUT2D eigenvalue weighted by Gasteiger charge is 2.17. The number of rotatable bonds is 7. The highest BCUT2D eigenvalue weighted by Crippen LogP contribution is 2.30. The summed E-state index contributed by atoms with van der Waals surface area (Å²) < 4.78 is 27.7. The Morgan fingerprint density at radius 2 is 1.83 bits per heavy atom. The minimum Gasteiger partial charge on any atom is -0.487 e. The third kappa shape index (κ3) is 5.86. The second kappa shape index (κ2) is 11.6. The Morgan fingerprint density at radius 3 is 2.64 bits per heavy atom. The second-order valence-corrected chi connectivity index (χ2v) is 10.4. The molecule has 36 heavy (non-hydrogen) atoms. The third-order valence-corrected chi connectivity index (χ3v) is 7.29. The van der Waals surface area contributed by atoms with E-state index in [1.54, 1.807) is 6.21 Å². The van der Waals surface area contributed by atoms with E-state index in [0.29, 0.717) is 32.9 Å². The molecule has 1 aromatic heterocycles. The molecule has 0 saturated carbocycles. The Balaban J connectivity index is 1.26. The highest BCUT2D eigenvalue weighted by molar-refractivity contribution is 14.1. The van der Waals surface area contributed by atoms with E-state index in [-0.39, 0.29) is 11.8 Å². The van der Waals surface area contributed by atoms with Crippen molar-refractivity contribution >= 4 is 73.9 Å². The quantitative estimate of drug-likeness (QED) is 0.148. The molecule has 4 aromatic rings. The first kappa shape index (κ1) is 25.1. The lowest BCUT2D eigenvalue weighted by Gasteiger charge is -2.27. The van der Waals surface area contributed by atoms with Gasteiger partial charge in [0, 0.05) is 13.1 Å². The molecule has 0 aliphatic carbocycles. The van der Waals surface area contributed by atoms with Gasteiger partial charge in [0.2, 0.25) is 5.95 Å². The van der Waals surface area contributed by atoms with Crippen LogP contribution in [0.4, 0.5) is 16.2 Å². The van der Waals surface area contributed by atoms with Crippen LogP contribution in [0.25, 0.3) is 10.8 Å². The molecule has 0 atom stereocenters. The normalized spacial score (nSPS) is 13.9. The molecule has 2 heterocycles. The van der Waals surface area contributed by atoms with Gasteiger partial charge >= 0.3 is 0 Å². The summed E-state index contributed by atoms with van der Waals surface area (Å²) >= 11 is 4.55. The van der Waals surface area contributed by atoms with Gasteiger partial charge in [0.15, 0.2) is 11.6 Å². The Bertz CT molecular complexity index is 1380. The summed E-state index contributed by atoms with van der Waals surface area (Å²) in [4.78, 5) is 10.1. The maximum atomic E-state index is 14.2. The summed E-state index contributed by atoms with van der Waals surface area (Å²) in [5.41, 5.74) is 4.84. The number of nitrogens with zero attached hydrogens (tertiary/aromatic N) is 4. The Hall–Kier alpha value is -2.58. The van der Waals surface area contributed by atoms with Crippen LogP contribution in [0.5, 0.6) is 5.75 Å². The van der Waals surface area contributed by atoms with Gasteiger partial charge in [-0.05, 0) is 79.2 Å². The van der Waals surface area contributed by atoms with E-state index in [2.05, 4.69) is 96.0 Å². The standard InChI is InChI=1S/C26H22FI2N5O2/c27-21-15-30-26(32-25(21)34-8-10-35-11-9-34)33-31-14-17-12-22(28)24(23(29)13-17)36-16-19-6-3-5-18-4-1-2-7-20(18)19/h1-7,12-15H,8-11,16H2,(H,30,32,33)/b31-14-. The number of benzene rings is 3. The van der Waals surface area contributed by atoms with E-state index in [1.807, 2.05) is 29.2 Å². The summed E-state index contributed by atoms with van der Waals surface area (Å²) in [6.45, 7) is 2.74. The van der Waals surface area contributed by atoms with Gasteiger partial charge in [-0.25, -0.2) is 14.8 Å². The van der Waals surface area contributed by atoms with Gasteiger partial charge in [-0.15, -0.1) is 0 Å². The number of ether oxygens (including phenoxy) is 2. The SMILES string of the molecule is Fc1cnc(N/N=C\c2cc(I)c(OCc3cccc4ccccc34)c(I)c2)nc1N1CCOCC1. The molecule has 1 saturated heterocycles. The zero-order valence-corrected chi connectivity index (χ0v) is 23.4. The summed E-state index contributed by atoms with van der Waals surface area (Å²) in [6, 6.07) is 18.6. The fourth-order valence-electron chi connectivity index (χ4n) is 3.93. The predicted molar refractivity (Wildman–Crippen MR) is 156 cm³/mol. The molecular weight excluding hydrogens is 687 g/mol. The van der Waals surface area contributed by atoms with Gasteiger partial charge in [-0.2, -0.15) is 10.1 Å². The number of anilines is 2. The van der Waals surface area contributed by atoms with Crippen LogP contribution in [0.15, 0.2) is 65.9 Å². The smallest absolute Gasteiger partial charge is 0.245 e. The van der Waals surface area contributed by atoms with E-state index >= 15 is 0 Å². The van der Waals surface area contributed by atoms with Gasteiger partial charge in [0.25, 0.3) is 0 Å². The molecule has 0 unspecified atom stereocenters. The molecule has 1 N–H and O–H groups in total. The molecule has 7 nitrogen and oxygen atoms in total. The predicted octanol–water partition coefficient (Wildman–Crippen LogP) is 5.84. The Kier molecular flexibility index (Phi) is 8.12. The topological polar surface area (TPSA) is 71.9 Å². The van der Waals surface area contributed by atoms with Gasteiger partial charge in [-0.1, -0.05) is 42.5 Å². The maximum absolute atomic E-state index is 14.2. The minimum absolute atomic E-state index is 0.230. The maximum Gasteiger partial charge on any atom is 0.245 e. The Labute approximate surface area is 235 Å². The number of nitrogens with one attached hydrogen (secondary N) is 1. The molecule has 10 heteroatoms. The van der Waals surface area contributed by atoms with Crippen molar-refractivity contribution in [3.8, 4) is 5.75 Å². The molecule has 1 fully saturated rings. The largest absolute Gasteiger partial charge is 0.487 e. The third-order valence-electron chi connectivity index (χ3n) is 5.69. The van der Waals surface area contributed by atoms with Crippen molar-refractivity contribution in [1.29, 1.82) is 0 Å². The van der Waals surface area contributed by atoms with Crippen molar-refractivity contribution in [1.82, 2.24) is 9.97 Å². The first-order chi connectivity index (χ1) is 17.6. The van der Waals surface area contributed by atoms with Gasteiger partial charge < -0.3 is 14.4 Å². The van der Waals surface area contributed by atoms with Crippen molar-refractivity contribution in [2.75, 3.05) is 36.6 Å². The van der Waals surface area contributed by atoms with Crippen molar-refractivity contribution in [3.63, 3.8) is 0 Å². The number of hydrazone groups is 1. The van der Waals surface area contributed by atoms with Crippen LogP contribution in [0.1, 0.15) is 11.1 Å². The lowest BCUT2D eigenvalue weighted by molar-refractivity contribution is 0.122. The first-order valence-electron chi connectivity index (χ1n) is 11.3. The van der Waals surface area contributed by atoms with E-state index in [1.165, 1.54) is 10.8 Å². The van der Waals surface area contributed by atoms with Crippen LogP contribution < -0.4 is 15.1 Å². The molecule has 3 aromatic carbocycles. The van der Waals surface area contributed by atoms with E-state index in [0.717, 1.165) is 30.2 Å². The molecule has 0 spiro atoms. The van der Waals surface area contributed by atoms with Gasteiger partial charge in [-0.3, -0.25) is 0 Å². The van der Waals surface area contributed by atoms with E-state index < -0.39 is 5.82 Å². The lowest BCUT2D eigenvalue weighted by atomic mass is 10.1. The second-order valence-electron chi connectivity index (χ2n) is 8.08. The Morgan fingerprint density at radius 1 is 1.08 bits per heavy atom. The first-order valence-corrected chi connectivity index (χ1v) is 13.5. The minimum atomic E-state index is -0.463. The van der Waals surface area contributed by atoms with Crippen LogP contribution in [0, 0.1) is 13.0 Å². The molecule has 0 bridgehead atoms. The molecule has 184 valence electrons. The van der Waals surface area contributed by atoms with Crippen LogP contribution in [-0.4, -0.2) is 42.5 Å². The summed E-state index contributed by atoms with van der Waals surface area (Å²) in [7, 11) is 0. The van der Waals surface area contributed by atoms with Crippen LogP contribution in [0.2, 0.25) is 0 Å². The van der Waals surface area contributed by atoms with Crippen molar-refractivity contribution in [2.24, 2.45) is 5.10 Å². The molecule has 1 aliphatic heterocycles. The average Bonchev–Trinajstić information content (AvgIpc) is 2.90. The van der Waals surface area contributed by atoms with Crippen LogP contribution in [-0.2, 0) is 11.3 Å². The number of halogens is 3. The molecule has 1 aliphatic rings. The molecular formula is C26H22FI2N5O2. The van der Waals surface area contributed by atoms with E-state index in [9.17, 15) is 4.39 Å². The van der Waals surface area contributed by atoms with Crippen molar-refractivity contribution in [2.45, 2.75) is 6.61 Å². The summed E-state index contributed by atoms with van der Waals surface area (Å²) in [5, 5.41) is 6.65. The fourth-order valence-corrected chi connectivity index (χ4v) is 6.06.